The summed E-state index contributed by atoms with van der Waals surface area (Å²) in [7, 11) is 0. The summed E-state index contributed by atoms with van der Waals surface area (Å²) in [6.45, 7) is 8.76. The molecule has 1 N–H and O–H groups in total. The van der Waals surface area contributed by atoms with E-state index in [4.69, 9.17) is 14.2 Å². The van der Waals surface area contributed by atoms with Crippen molar-refractivity contribution in [1.29, 1.82) is 0 Å². The van der Waals surface area contributed by atoms with Gasteiger partial charge < -0.3 is 19.5 Å². The number of likely N-dealkylation sites (tertiary alicyclic amines) is 1. The first-order valence-electron chi connectivity index (χ1n) is 17.4. The maximum Gasteiger partial charge on any atom is 0.336 e. The molecule has 2 heterocycles. The number of nitrogens with one attached hydrogen (secondary N) is 1. The van der Waals surface area contributed by atoms with Crippen LogP contribution in [0.3, 0.4) is 0 Å². The van der Waals surface area contributed by atoms with Crippen molar-refractivity contribution in [3.8, 4) is 0 Å². The van der Waals surface area contributed by atoms with Crippen LogP contribution in [0.15, 0.2) is 107 Å². The number of nitro groups is 1. The van der Waals surface area contributed by atoms with Gasteiger partial charge in [-0.05, 0) is 62.9 Å². The van der Waals surface area contributed by atoms with Gasteiger partial charge in [0.15, 0.2) is 0 Å². The lowest BCUT2D eigenvalue weighted by Crippen LogP contribution is -2.44. The van der Waals surface area contributed by atoms with Gasteiger partial charge in [-0.15, -0.1) is 0 Å². The first-order valence-corrected chi connectivity index (χ1v) is 17.4. The van der Waals surface area contributed by atoms with Crippen LogP contribution in [0.1, 0.15) is 69.1 Å². The van der Waals surface area contributed by atoms with Crippen molar-refractivity contribution in [1.82, 2.24) is 10.2 Å². The number of rotatable bonds is 15. The van der Waals surface area contributed by atoms with E-state index in [-0.39, 0.29) is 42.1 Å². The second kappa shape index (κ2) is 17.2. The third-order valence-corrected chi connectivity index (χ3v) is 9.72. The minimum Gasteiger partial charge on any atom is -0.461 e. The van der Waals surface area contributed by atoms with Crippen LogP contribution in [0.25, 0.3) is 0 Å². The monoisotopic (exact) mass is 681 g/mol. The number of hydrogen-bond donors (Lipinski definition) is 1. The summed E-state index contributed by atoms with van der Waals surface area (Å²) >= 11 is 0. The van der Waals surface area contributed by atoms with Crippen molar-refractivity contribution >= 4 is 17.6 Å². The Morgan fingerprint density at radius 2 is 1.40 bits per heavy atom. The van der Waals surface area contributed by atoms with Gasteiger partial charge in [-0.3, -0.25) is 15.0 Å². The summed E-state index contributed by atoms with van der Waals surface area (Å²) in [4.78, 5) is 41.0. The van der Waals surface area contributed by atoms with E-state index in [1.165, 1.54) is 23.3 Å². The van der Waals surface area contributed by atoms with Gasteiger partial charge in [0.1, 0.15) is 13.2 Å². The predicted octanol–water partition coefficient (Wildman–Crippen LogP) is 6.81. The van der Waals surface area contributed by atoms with Gasteiger partial charge in [0, 0.05) is 42.1 Å². The van der Waals surface area contributed by atoms with E-state index in [0.717, 1.165) is 38.8 Å². The number of benzene rings is 3. The molecule has 0 radical (unpaired) electrons. The fourth-order valence-corrected chi connectivity index (χ4v) is 7.07. The molecule has 1 unspecified atom stereocenters. The zero-order valence-electron chi connectivity index (χ0n) is 29.2. The Hall–Kier alpha value is -4.80. The van der Waals surface area contributed by atoms with Gasteiger partial charge >= 0.3 is 11.9 Å². The molecule has 0 aliphatic carbocycles. The van der Waals surface area contributed by atoms with Gasteiger partial charge in [-0.25, -0.2) is 9.59 Å². The molecule has 1 fully saturated rings. The number of nitro benzene ring substituents is 1. The highest BCUT2D eigenvalue weighted by molar-refractivity contribution is 6.00. The van der Waals surface area contributed by atoms with Crippen molar-refractivity contribution in [2.45, 2.75) is 57.8 Å². The molecule has 5 rings (SSSR count). The van der Waals surface area contributed by atoms with Crippen molar-refractivity contribution in [3.63, 3.8) is 0 Å². The molecule has 0 aromatic heterocycles. The molecular weight excluding hydrogens is 634 g/mol. The third kappa shape index (κ3) is 8.49. The molecular formula is C40H47N3O7. The summed E-state index contributed by atoms with van der Waals surface area (Å²) in [6, 6.07) is 27.3. The normalized spacial score (nSPS) is 17.6. The van der Waals surface area contributed by atoms with Crippen LogP contribution in [0.5, 0.6) is 0 Å². The molecule has 2 aliphatic rings. The lowest BCUT2D eigenvalue weighted by atomic mass is 9.68. The molecule has 50 heavy (non-hydrogen) atoms. The molecule has 0 saturated carbocycles. The van der Waals surface area contributed by atoms with E-state index in [1.54, 1.807) is 26.0 Å². The van der Waals surface area contributed by atoms with Crippen LogP contribution in [0, 0.1) is 10.1 Å². The Labute approximate surface area is 294 Å². The van der Waals surface area contributed by atoms with Crippen LogP contribution in [0.4, 0.5) is 5.69 Å². The highest BCUT2D eigenvalue weighted by Gasteiger charge is 2.40. The fraction of sp³-hybridized carbons (Fsp3) is 0.400. The number of non-ortho nitro benzene ring substituents is 1. The molecule has 0 amide bonds. The fourth-order valence-electron chi connectivity index (χ4n) is 7.07. The Bertz CT molecular complexity index is 1650. The van der Waals surface area contributed by atoms with Crippen LogP contribution in [-0.4, -0.2) is 67.8 Å². The molecule has 3 aromatic rings. The summed E-state index contributed by atoms with van der Waals surface area (Å²) in [5, 5.41) is 14.9. The number of dihydropyridines is 1. The van der Waals surface area contributed by atoms with E-state index < -0.39 is 22.8 Å². The largest absolute Gasteiger partial charge is 0.461 e. The quantitative estimate of drug-likeness (QED) is 0.0798. The van der Waals surface area contributed by atoms with Gasteiger partial charge in [0.05, 0.1) is 28.6 Å². The molecule has 264 valence electrons. The zero-order chi connectivity index (χ0) is 35.5. The number of piperidine rings is 1. The molecule has 10 heteroatoms. The Balaban J connectivity index is 1.29. The number of nitrogens with zero attached hydrogens (tertiary/aromatic N) is 2. The molecule has 2 aliphatic heterocycles. The predicted molar refractivity (Wildman–Crippen MR) is 191 cm³/mol. The van der Waals surface area contributed by atoms with Gasteiger partial charge in [-0.1, -0.05) is 86.1 Å². The summed E-state index contributed by atoms with van der Waals surface area (Å²) in [6.07, 6.45) is 3.76. The van der Waals surface area contributed by atoms with Gasteiger partial charge in [0.2, 0.25) is 0 Å². The number of hydrogen-bond acceptors (Lipinski definition) is 9. The maximum absolute atomic E-state index is 13.9. The van der Waals surface area contributed by atoms with E-state index in [0.29, 0.717) is 30.1 Å². The standard InChI is InChI=1S/C40H47N3O7/c1-4-5-24-48-26-27-50-39(45)36-30(3)41-29(2)35(37(36)31-13-12-18-34(28-31)43(46)47)38(44)49-25-23-42-21-19-40(20-22-42,32-14-8-6-9-15-32)33-16-10-7-11-17-33/h6-18,28,37,41H,4-5,19-27H2,1-3H3. The Morgan fingerprint density at radius 3 is 1.96 bits per heavy atom. The minimum atomic E-state index is -0.926. The lowest BCUT2D eigenvalue weighted by molar-refractivity contribution is -0.384. The van der Waals surface area contributed by atoms with Gasteiger partial charge in [-0.2, -0.15) is 0 Å². The third-order valence-electron chi connectivity index (χ3n) is 9.72. The second-order valence-corrected chi connectivity index (χ2v) is 12.9. The smallest absolute Gasteiger partial charge is 0.336 e. The van der Waals surface area contributed by atoms with Crippen molar-refractivity contribution in [2.24, 2.45) is 0 Å². The first-order chi connectivity index (χ1) is 24.2. The van der Waals surface area contributed by atoms with Crippen LogP contribution in [-0.2, 0) is 29.2 Å². The van der Waals surface area contributed by atoms with Gasteiger partial charge in [0.25, 0.3) is 5.69 Å². The van der Waals surface area contributed by atoms with Crippen molar-refractivity contribution < 1.29 is 28.7 Å². The summed E-state index contributed by atoms with van der Waals surface area (Å²) in [5.41, 5.74) is 4.22. The SMILES string of the molecule is CCCCOCCOC(=O)C1=C(C)NC(C)=C(C(=O)OCCN2CCC(c3ccccc3)(c3ccccc3)CC2)C1c1cccc([N+](=O)[O-])c1. The number of allylic oxidation sites excluding steroid dienone is 2. The average molecular weight is 682 g/mol. The summed E-state index contributed by atoms with van der Waals surface area (Å²) in [5.74, 6) is -2.14. The highest BCUT2D eigenvalue weighted by Crippen LogP contribution is 2.42. The molecule has 0 bridgehead atoms. The molecule has 3 aromatic carbocycles. The maximum atomic E-state index is 13.9. The number of esters is 2. The zero-order valence-corrected chi connectivity index (χ0v) is 29.2. The van der Waals surface area contributed by atoms with E-state index >= 15 is 0 Å². The molecule has 10 nitrogen and oxygen atoms in total. The number of carbonyl (C=O) groups is 2. The average Bonchev–Trinajstić information content (AvgIpc) is 3.13. The van der Waals surface area contributed by atoms with E-state index in [2.05, 4.69) is 65.7 Å². The molecule has 0 spiro atoms. The first kappa shape index (κ1) is 36.5. The van der Waals surface area contributed by atoms with Crippen LogP contribution >= 0.6 is 0 Å². The number of ether oxygens (including phenoxy) is 3. The Kier molecular flexibility index (Phi) is 12.6. The van der Waals surface area contributed by atoms with Crippen molar-refractivity contribution in [3.05, 3.63) is 134 Å². The van der Waals surface area contributed by atoms with E-state index in [1.807, 2.05) is 12.1 Å². The van der Waals surface area contributed by atoms with Crippen molar-refractivity contribution in [2.75, 3.05) is 46.1 Å². The van der Waals surface area contributed by atoms with Crippen LogP contribution in [0.2, 0.25) is 0 Å². The number of unbranched alkanes of at least 4 members (excludes halogenated alkanes) is 1. The van der Waals surface area contributed by atoms with Crippen LogP contribution < -0.4 is 5.32 Å². The van der Waals surface area contributed by atoms with E-state index in [9.17, 15) is 19.7 Å². The Morgan fingerprint density at radius 1 is 0.820 bits per heavy atom. The molecule has 1 atom stereocenters. The minimum absolute atomic E-state index is 0.0368. The topological polar surface area (TPSA) is 120 Å². The second-order valence-electron chi connectivity index (χ2n) is 12.9. The molecule has 1 saturated heterocycles. The highest BCUT2D eigenvalue weighted by atomic mass is 16.6. The number of carbonyl (C=O) groups excluding carboxylic acids is 2. The summed E-state index contributed by atoms with van der Waals surface area (Å²) < 4.78 is 17.0. The lowest BCUT2D eigenvalue weighted by Gasteiger charge is -2.43.